The highest BCUT2D eigenvalue weighted by Crippen LogP contribution is 2.45. The van der Waals surface area contributed by atoms with Crippen LogP contribution in [0, 0.1) is 6.92 Å². The predicted molar refractivity (Wildman–Crippen MR) is 87.5 cm³/mol. The van der Waals surface area contributed by atoms with Crippen LogP contribution in [-0.4, -0.2) is 0 Å². The molecule has 2 aliphatic carbocycles. The van der Waals surface area contributed by atoms with Crippen LogP contribution >= 0.6 is 0 Å². The molecule has 0 saturated carbocycles. The van der Waals surface area contributed by atoms with Crippen LogP contribution in [-0.2, 0) is 0 Å². The van der Waals surface area contributed by atoms with Gasteiger partial charge in [-0.2, -0.15) is 0 Å². The summed E-state index contributed by atoms with van der Waals surface area (Å²) in [5.74, 6) is 0. The van der Waals surface area contributed by atoms with Crippen molar-refractivity contribution in [3.05, 3.63) is 89.1 Å². The molecule has 0 atom stereocenters. The molecule has 0 radical (unpaired) electrons. The van der Waals surface area contributed by atoms with Gasteiger partial charge in [0.15, 0.2) is 0 Å². The van der Waals surface area contributed by atoms with Crippen LogP contribution < -0.4 is 0 Å². The second kappa shape index (κ2) is 5.13. The first-order chi connectivity index (χ1) is 9.74. The second-order valence-electron chi connectivity index (χ2n) is 5.50. The lowest BCUT2D eigenvalue weighted by Crippen LogP contribution is -1.98. The molecule has 0 amide bonds. The van der Waals surface area contributed by atoms with E-state index in [0.717, 1.165) is 19.3 Å². The fraction of sp³-hybridized carbons (Fsp3) is 0.200. The zero-order valence-electron chi connectivity index (χ0n) is 12.1. The summed E-state index contributed by atoms with van der Waals surface area (Å²) >= 11 is 0. The normalized spacial score (nSPS) is 17.9. The minimum Gasteiger partial charge on any atom is -0.0988 e. The van der Waals surface area contributed by atoms with Crippen molar-refractivity contribution in [2.45, 2.75) is 26.2 Å². The Morgan fingerprint density at radius 3 is 2.40 bits per heavy atom. The average Bonchev–Trinajstić information content (AvgIpc) is 2.85. The van der Waals surface area contributed by atoms with Crippen LogP contribution in [0.5, 0.6) is 0 Å². The third kappa shape index (κ3) is 2.02. The first-order valence-electron chi connectivity index (χ1n) is 7.22. The molecule has 0 aromatic heterocycles. The molecule has 0 saturated heterocycles. The first-order valence-corrected chi connectivity index (χ1v) is 7.22. The third-order valence-electron chi connectivity index (χ3n) is 4.28. The number of aryl methyl sites for hydroxylation is 1. The lowest BCUT2D eigenvalue weighted by Gasteiger charge is -2.18. The summed E-state index contributed by atoms with van der Waals surface area (Å²) < 4.78 is 0. The van der Waals surface area contributed by atoms with E-state index in [1.165, 1.54) is 39.0 Å². The molecule has 0 N–H and O–H groups in total. The van der Waals surface area contributed by atoms with E-state index in [4.69, 9.17) is 0 Å². The van der Waals surface area contributed by atoms with E-state index in [9.17, 15) is 0 Å². The fourth-order valence-corrected chi connectivity index (χ4v) is 3.24. The molecule has 0 bridgehead atoms. The third-order valence-corrected chi connectivity index (χ3v) is 4.28. The Balaban J connectivity index is 2.04. The smallest absolute Gasteiger partial charge is 0.00109 e. The molecular formula is C20H20. The van der Waals surface area contributed by atoms with Gasteiger partial charge in [-0.1, -0.05) is 61.2 Å². The predicted octanol–water partition coefficient (Wildman–Crippen LogP) is 5.54. The molecule has 0 heteroatoms. The summed E-state index contributed by atoms with van der Waals surface area (Å²) in [6.07, 6.45) is 9.61. The maximum atomic E-state index is 3.98. The zero-order chi connectivity index (χ0) is 14.1. The summed E-state index contributed by atoms with van der Waals surface area (Å²) in [5.41, 5.74) is 9.64. The van der Waals surface area contributed by atoms with Gasteiger partial charge in [0.1, 0.15) is 0 Å². The van der Waals surface area contributed by atoms with E-state index in [1.807, 2.05) is 12.2 Å². The van der Waals surface area contributed by atoms with Gasteiger partial charge in [0.05, 0.1) is 0 Å². The maximum absolute atomic E-state index is 3.98. The molecule has 0 unspecified atom stereocenters. The van der Waals surface area contributed by atoms with E-state index in [-0.39, 0.29) is 0 Å². The summed E-state index contributed by atoms with van der Waals surface area (Å²) in [6, 6.07) is 8.85. The van der Waals surface area contributed by atoms with Gasteiger partial charge in [0, 0.05) is 0 Å². The molecule has 0 aliphatic heterocycles. The molecule has 3 rings (SSSR count). The summed E-state index contributed by atoms with van der Waals surface area (Å²) in [4.78, 5) is 0. The number of hydrogen-bond acceptors (Lipinski definition) is 0. The number of rotatable bonds is 3. The quantitative estimate of drug-likeness (QED) is 0.669. The molecule has 0 spiro atoms. The SMILES string of the molecule is C=CC1=C(C=C)C2=C(C1)C(c1ccc(C)cc1)=CCC2. The van der Waals surface area contributed by atoms with Crippen LogP contribution in [0.15, 0.2) is 77.9 Å². The van der Waals surface area contributed by atoms with E-state index in [2.05, 4.69) is 50.4 Å². The van der Waals surface area contributed by atoms with Crippen LogP contribution in [0.3, 0.4) is 0 Å². The van der Waals surface area contributed by atoms with Gasteiger partial charge in [0.2, 0.25) is 0 Å². The lowest BCUT2D eigenvalue weighted by molar-refractivity contribution is 0.969. The number of hydrogen-bond donors (Lipinski definition) is 0. The van der Waals surface area contributed by atoms with Crippen molar-refractivity contribution in [3.8, 4) is 0 Å². The lowest BCUT2D eigenvalue weighted by atomic mass is 9.86. The van der Waals surface area contributed by atoms with Crippen LogP contribution in [0.4, 0.5) is 0 Å². The van der Waals surface area contributed by atoms with Crippen molar-refractivity contribution in [2.24, 2.45) is 0 Å². The summed E-state index contributed by atoms with van der Waals surface area (Å²) in [5, 5.41) is 0. The van der Waals surface area contributed by atoms with E-state index in [0.29, 0.717) is 0 Å². The molecule has 1 aromatic rings. The Morgan fingerprint density at radius 2 is 1.75 bits per heavy atom. The molecule has 0 fully saturated rings. The summed E-state index contributed by atoms with van der Waals surface area (Å²) in [7, 11) is 0. The van der Waals surface area contributed by atoms with E-state index in [1.54, 1.807) is 0 Å². The zero-order valence-corrected chi connectivity index (χ0v) is 12.1. The highest BCUT2D eigenvalue weighted by molar-refractivity contribution is 5.85. The van der Waals surface area contributed by atoms with Gasteiger partial charge in [-0.3, -0.25) is 0 Å². The summed E-state index contributed by atoms with van der Waals surface area (Å²) in [6.45, 7) is 10.1. The largest absolute Gasteiger partial charge is 0.0988 e. The minimum atomic E-state index is 1.000. The molecule has 1 aromatic carbocycles. The van der Waals surface area contributed by atoms with Crippen LogP contribution in [0.1, 0.15) is 30.4 Å². The van der Waals surface area contributed by atoms with Crippen LogP contribution in [0.25, 0.3) is 5.57 Å². The van der Waals surface area contributed by atoms with Gasteiger partial charge in [-0.25, -0.2) is 0 Å². The Labute approximate surface area is 121 Å². The second-order valence-corrected chi connectivity index (χ2v) is 5.50. The van der Waals surface area contributed by atoms with Gasteiger partial charge in [-0.15, -0.1) is 0 Å². The van der Waals surface area contributed by atoms with Crippen molar-refractivity contribution in [1.29, 1.82) is 0 Å². The minimum absolute atomic E-state index is 1.000. The Hall–Kier alpha value is -2.08. The standard InChI is InChI=1S/C20H20/c1-4-15-13-20-18(16-11-9-14(3)10-12-16)7-6-8-19(20)17(15)5-2/h4-5,7,9-12H,1-2,6,8,13H2,3H3. The molecule has 0 heterocycles. The first kappa shape index (κ1) is 12.9. The Kier molecular flexibility index (Phi) is 3.31. The molecule has 100 valence electrons. The van der Waals surface area contributed by atoms with Crippen molar-refractivity contribution in [2.75, 3.05) is 0 Å². The van der Waals surface area contributed by atoms with Crippen molar-refractivity contribution in [1.82, 2.24) is 0 Å². The van der Waals surface area contributed by atoms with Crippen LogP contribution in [0.2, 0.25) is 0 Å². The number of benzene rings is 1. The van der Waals surface area contributed by atoms with Gasteiger partial charge in [-0.05, 0) is 59.6 Å². The van der Waals surface area contributed by atoms with Crippen molar-refractivity contribution >= 4 is 5.57 Å². The monoisotopic (exact) mass is 260 g/mol. The number of allylic oxidation sites excluding steroid dienone is 8. The van der Waals surface area contributed by atoms with Crippen molar-refractivity contribution < 1.29 is 0 Å². The maximum Gasteiger partial charge on any atom is -0.00109 e. The molecule has 0 nitrogen and oxygen atoms in total. The highest BCUT2D eigenvalue weighted by Gasteiger charge is 2.25. The Bertz CT molecular complexity index is 660. The van der Waals surface area contributed by atoms with Gasteiger partial charge >= 0.3 is 0 Å². The van der Waals surface area contributed by atoms with Gasteiger partial charge in [0.25, 0.3) is 0 Å². The topological polar surface area (TPSA) is 0 Å². The van der Waals surface area contributed by atoms with E-state index < -0.39 is 0 Å². The molecular weight excluding hydrogens is 240 g/mol. The Morgan fingerprint density at radius 1 is 1.00 bits per heavy atom. The van der Waals surface area contributed by atoms with E-state index >= 15 is 0 Å². The molecule has 2 aliphatic rings. The fourth-order valence-electron chi connectivity index (χ4n) is 3.24. The average molecular weight is 260 g/mol. The van der Waals surface area contributed by atoms with Crippen molar-refractivity contribution in [3.63, 3.8) is 0 Å². The molecule has 20 heavy (non-hydrogen) atoms. The highest BCUT2D eigenvalue weighted by atomic mass is 14.3. The van der Waals surface area contributed by atoms with Gasteiger partial charge < -0.3 is 0 Å².